The van der Waals surface area contributed by atoms with Crippen LogP contribution in [0.4, 0.5) is 0 Å². The van der Waals surface area contributed by atoms with E-state index in [0.717, 1.165) is 19.6 Å². The minimum atomic E-state index is 0.472. The molecule has 2 aliphatic rings. The zero-order chi connectivity index (χ0) is 13.1. The Morgan fingerprint density at radius 1 is 1.42 bits per heavy atom. The molecule has 0 aromatic carbocycles. The van der Waals surface area contributed by atoms with Crippen molar-refractivity contribution in [3.05, 3.63) is 30.1 Å². The summed E-state index contributed by atoms with van der Waals surface area (Å²) >= 11 is 0. The van der Waals surface area contributed by atoms with Crippen molar-refractivity contribution in [3.8, 4) is 0 Å². The summed E-state index contributed by atoms with van der Waals surface area (Å²) < 4.78 is 5.88. The summed E-state index contributed by atoms with van der Waals surface area (Å²) in [6.45, 7) is 3.99. The van der Waals surface area contributed by atoms with E-state index in [1.807, 2.05) is 12.3 Å². The van der Waals surface area contributed by atoms with E-state index in [9.17, 15) is 0 Å². The van der Waals surface area contributed by atoms with Gasteiger partial charge in [0.2, 0.25) is 0 Å². The van der Waals surface area contributed by atoms with Crippen LogP contribution in [0.25, 0.3) is 0 Å². The smallest absolute Gasteiger partial charge is 0.0661 e. The van der Waals surface area contributed by atoms with Crippen LogP contribution >= 0.6 is 0 Å². The summed E-state index contributed by atoms with van der Waals surface area (Å²) in [7, 11) is 0. The van der Waals surface area contributed by atoms with E-state index >= 15 is 0 Å². The first kappa shape index (κ1) is 13.1. The molecule has 2 saturated carbocycles. The number of nitrogens with one attached hydrogen (secondary N) is 1. The van der Waals surface area contributed by atoms with Crippen LogP contribution in [-0.4, -0.2) is 30.3 Å². The molecule has 3 rings (SSSR count). The van der Waals surface area contributed by atoms with Gasteiger partial charge in [-0.05, 0) is 38.3 Å². The highest BCUT2D eigenvalue weighted by Gasteiger charge is 2.58. The minimum Gasteiger partial charge on any atom is -0.378 e. The average Bonchev–Trinajstić information content (AvgIpc) is 2.36. The summed E-state index contributed by atoms with van der Waals surface area (Å²) in [6, 6.07) is 6.80. The van der Waals surface area contributed by atoms with E-state index < -0.39 is 0 Å². The van der Waals surface area contributed by atoms with E-state index in [2.05, 4.69) is 29.4 Å². The van der Waals surface area contributed by atoms with Gasteiger partial charge in [0.15, 0.2) is 0 Å². The SMILES string of the molecule is CCOC1CC(NCCc2ccccn2)C12CCC2. The Balaban J connectivity index is 1.46. The highest BCUT2D eigenvalue weighted by atomic mass is 16.5. The lowest BCUT2D eigenvalue weighted by Crippen LogP contribution is -2.67. The molecule has 0 radical (unpaired) electrons. The van der Waals surface area contributed by atoms with E-state index in [1.165, 1.54) is 31.4 Å². The predicted octanol–water partition coefficient (Wildman–Crippen LogP) is 2.56. The normalized spacial score (nSPS) is 27.8. The van der Waals surface area contributed by atoms with Gasteiger partial charge in [0.25, 0.3) is 0 Å². The zero-order valence-corrected chi connectivity index (χ0v) is 11.8. The molecule has 0 saturated heterocycles. The number of ether oxygens (including phenoxy) is 1. The third-order valence-electron chi connectivity index (χ3n) is 4.94. The van der Waals surface area contributed by atoms with Crippen LogP contribution in [0.1, 0.15) is 38.3 Å². The Bertz CT molecular complexity index is 402. The Hall–Kier alpha value is -0.930. The lowest BCUT2D eigenvalue weighted by Gasteiger charge is -2.61. The molecule has 0 aliphatic heterocycles. The molecule has 1 heterocycles. The molecule has 1 aromatic rings. The average molecular weight is 260 g/mol. The highest BCUT2D eigenvalue weighted by Crippen LogP contribution is 2.57. The molecule has 104 valence electrons. The van der Waals surface area contributed by atoms with Crippen molar-refractivity contribution in [1.82, 2.24) is 10.3 Å². The van der Waals surface area contributed by atoms with E-state index in [4.69, 9.17) is 4.74 Å². The zero-order valence-electron chi connectivity index (χ0n) is 11.8. The molecule has 19 heavy (non-hydrogen) atoms. The second-order valence-corrected chi connectivity index (χ2v) is 5.84. The van der Waals surface area contributed by atoms with Crippen LogP contribution in [0.5, 0.6) is 0 Å². The van der Waals surface area contributed by atoms with E-state index in [-0.39, 0.29) is 0 Å². The summed E-state index contributed by atoms with van der Waals surface area (Å²) in [5.74, 6) is 0. The van der Waals surface area contributed by atoms with Crippen molar-refractivity contribution < 1.29 is 4.74 Å². The molecule has 1 N–H and O–H groups in total. The topological polar surface area (TPSA) is 34.1 Å². The first-order chi connectivity index (χ1) is 9.35. The molecule has 1 spiro atoms. The first-order valence-corrected chi connectivity index (χ1v) is 7.60. The summed E-state index contributed by atoms with van der Waals surface area (Å²) in [6.07, 6.45) is 8.67. The molecule has 3 nitrogen and oxygen atoms in total. The molecule has 2 aliphatic carbocycles. The molecule has 2 fully saturated rings. The summed E-state index contributed by atoms with van der Waals surface area (Å²) in [5.41, 5.74) is 1.65. The molecule has 3 heteroatoms. The van der Waals surface area contributed by atoms with E-state index in [1.54, 1.807) is 0 Å². The van der Waals surface area contributed by atoms with Gasteiger partial charge in [0.05, 0.1) is 6.10 Å². The van der Waals surface area contributed by atoms with Crippen molar-refractivity contribution in [2.24, 2.45) is 5.41 Å². The standard InChI is InChI=1S/C16H24N2O/c1-2-19-15-12-14(16(15)8-5-9-16)18-11-7-13-6-3-4-10-17-13/h3-4,6,10,14-15,18H,2,5,7-9,11-12H2,1H3. The Morgan fingerprint density at radius 3 is 2.95 bits per heavy atom. The highest BCUT2D eigenvalue weighted by molar-refractivity contribution is 5.12. The third-order valence-corrected chi connectivity index (χ3v) is 4.94. The van der Waals surface area contributed by atoms with Crippen LogP contribution < -0.4 is 5.32 Å². The molecule has 0 bridgehead atoms. The molecular formula is C16H24N2O. The van der Waals surface area contributed by atoms with Gasteiger partial charge in [0, 0.05) is 42.9 Å². The molecule has 2 unspecified atom stereocenters. The number of pyridine rings is 1. The van der Waals surface area contributed by atoms with Crippen LogP contribution in [-0.2, 0) is 11.2 Å². The third kappa shape index (κ3) is 2.41. The molecule has 1 aromatic heterocycles. The van der Waals surface area contributed by atoms with Gasteiger partial charge in [-0.3, -0.25) is 4.98 Å². The minimum absolute atomic E-state index is 0.472. The van der Waals surface area contributed by atoms with Crippen LogP contribution in [0.2, 0.25) is 0 Å². The molecule has 2 atom stereocenters. The van der Waals surface area contributed by atoms with Crippen molar-refractivity contribution in [2.45, 2.75) is 51.2 Å². The van der Waals surface area contributed by atoms with Gasteiger partial charge in [-0.2, -0.15) is 0 Å². The van der Waals surface area contributed by atoms with Gasteiger partial charge >= 0.3 is 0 Å². The number of hydrogen-bond donors (Lipinski definition) is 1. The van der Waals surface area contributed by atoms with Crippen molar-refractivity contribution in [2.75, 3.05) is 13.2 Å². The van der Waals surface area contributed by atoms with Gasteiger partial charge in [-0.25, -0.2) is 0 Å². The fraction of sp³-hybridized carbons (Fsp3) is 0.688. The van der Waals surface area contributed by atoms with Gasteiger partial charge < -0.3 is 10.1 Å². The van der Waals surface area contributed by atoms with Crippen LogP contribution in [0.3, 0.4) is 0 Å². The van der Waals surface area contributed by atoms with Gasteiger partial charge in [-0.1, -0.05) is 12.5 Å². The first-order valence-electron chi connectivity index (χ1n) is 7.60. The lowest BCUT2D eigenvalue weighted by atomic mass is 9.51. The second kappa shape index (κ2) is 5.59. The number of rotatable bonds is 6. The van der Waals surface area contributed by atoms with Gasteiger partial charge in [0.1, 0.15) is 0 Å². The maximum absolute atomic E-state index is 5.88. The van der Waals surface area contributed by atoms with Crippen LogP contribution in [0.15, 0.2) is 24.4 Å². The Labute approximate surface area is 115 Å². The van der Waals surface area contributed by atoms with Crippen LogP contribution in [0, 0.1) is 5.41 Å². The predicted molar refractivity (Wildman–Crippen MR) is 76.0 cm³/mol. The van der Waals surface area contributed by atoms with Gasteiger partial charge in [-0.15, -0.1) is 0 Å². The Morgan fingerprint density at radius 2 is 2.32 bits per heavy atom. The van der Waals surface area contributed by atoms with Crippen molar-refractivity contribution in [3.63, 3.8) is 0 Å². The Kier molecular flexibility index (Phi) is 3.85. The maximum atomic E-state index is 5.88. The van der Waals surface area contributed by atoms with Crippen molar-refractivity contribution in [1.29, 1.82) is 0 Å². The molecular weight excluding hydrogens is 236 g/mol. The summed E-state index contributed by atoms with van der Waals surface area (Å²) in [4.78, 5) is 4.37. The fourth-order valence-corrected chi connectivity index (χ4v) is 3.65. The second-order valence-electron chi connectivity index (χ2n) is 5.84. The van der Waals surface area contributed by atoms with E-state index in [0.29, 0.717) is 17.6 Å². The quantitative estimate of drug-likeness (QED) is 0.853. The number of hydrogen-bond acceptors (Lipinski definition) is 3. The number of aromatic nitrogens is 1. The summed E-state index contributed by atoms with van der Waals surface area (Å²) in [5, 5.41) is 3.73. The van der Waals surface area contributed by atoms with Crippen molar-refractivity contribution >= 4 is 0 Å². The maximum Gasteiger partial charge on any atom is 0.0661 e. The monoisotopic (exact) mass is 260 g/mol. The molecule has 0 amide bonds. The number of nitrogens with zero attached hydrogens (tertiary/aromatic N) is 1. The lowest BCUT2D eigenvalue weighted by molar-refractivity contribution is -0.172. The largest absolute Gasteiger partial charge is 0.378 e. The fourth-order valence-electron chi connectivity index (χ4n) is 3.65.